The van der Waals surface area contributed by atoms with Gasteiger partial charge in [-0.1, -0.05) is 26.3 Å². The normalized spacial score (nSPS) is 48.9. The molecule has 0 amide bonds. The summed E-state index contributed by atoms with van der Waals surface area (Å²) in [6.07, 6.45) is 2.92. The summed E-state index contributed by atoms with van der Waals surface area (Å²) in [7, 11) is 0. The van der Waals surface area contributed by atoms with Crippen molar-refractivity contribution in [2.24, 2.45) is 22.7 Å². The van der Waals surface area contributed by atoms with E-state index in [1.165, 1.54) is 6.92 Å². The number of Topliss-reactive ketones (excluding diaryl/α,β-unsaturated/α-hetero) is 1. The van der Waals surface area contributed by atoms with Crippen molar-refractivity contribution < 1.29 is 24.2 Å². The SMILES string of the molecule is CC[C@]1(O)CCC(C)=C2[C@@H](OC(C)=O)C(=O)[C@]3(C)CC[C@H]4OCC4C3[C@@]21C. The molecule has 5 nitrogen and oxygen atoms in total. The van der Waals surface area contributed by atoms with Crippen LogP contribution in [-0.4, -0.2) is 41.3 Å². The van der Waals surface area contributed by atoms with Crippen LogP contribution in [0.5, 0.6) is 0 Å². The molecule has 7 atom stereocenters. The van der Waals surface area contributed by atoms with Crippen molar-refractivity contribution >= 4 is 11.8 Å². The minimum Gasteiger partial charge on any atom is -0.450 e. The average molecular weight is 376 g/mol. The first-order chi connectivity index (χ1) is 12.6. The highest BCUT2D eigenvalue weighted by molar-refractivity contribution is 5.95. The van der Waals surface area contributed by atoms with Crippen LogP contribution in [0.2, 0.25) is 0 Å². The van der Waals surface area contributed by atoms with Crippen molar-refractivity contribution in [3.8, 4) is 0 Å². The number of esters is 1. The number of hydrogen-bond donors (Lipinski definition) is 1. The molecule has 1 aliphatic heterocycles. The van der Waals surface area contributed by atoms with Gasteiger partial charge in [0, 0.05) is 23.7 Å². The number of rotatable bonds is 2. The zero-order valence-electron chi connectivity index (χ0n) is 17.1. The van der Waals surface area contributed by atoms with E-state index >= 15 is 0 Å². The third-order valence-electron chi connectivity index (χ3n) is 8.50. The van der Waals surface area contributed by atoms with Crippen LogP contribution in [0.4, 0.5) is 0 Å². The predicted molar refractivity (Wildman–Crippen MR) is 99.9 cm³/mol. The highest BCUT2D eigenvalue weighted by atomic mass is 16.5. The van der Waals surface area contributed by atoms with Gasteiger partial charge >= 0.3 is 5.97 Å². The molecular formula is C22H32O5. The summed E-state index contributed by atoms with van der Waals surface area (Å²) in [6.45, 7) is 10.2. The van der Waals surface area contributed by atoms with E-state index in [1.807, 2.05) is 20.8 Å². The number of carbonyl (C=O) groups is 2. The highest BCUT2D eigenvalue weighted by Gasteiger charge is 2.72. The molecule has 0 radical (unpaired) electrons. The second kappa shape index (κ2) is 5.90. The largest absolute Gasteiger partial charge is 0.450 e. The molecule has 5 heteroatoms. The maximum atomic E-state index is 13.7. The van der Waals surface area contributed by atoms with Crippen molar-refractivity contribution in [2.75, 3.05) is 6.61 Å². The van der Waals surface area contributed by atoms with E-state index in [-0.39, 0.29) is 23.7 Å². The van der Waals surface area contributed by atoms with Crippen LogP contribution in [-0.2, 0) is 19.1 Å². The molecule has 0 bridgehead atoms. The molecule has 3 fully saturated rings. The van der Waals surface area contributed by atoms with Crippen LogP contribution in [0, 0.1) is 22.7 Å². The van der Waals surface area contributed by atoms with Crippen LogP contribution in [0.15, 0.2) is 11.1 Å². The van der Waals surface area contributed by atoms with Crippen LogP contribution >= 0.6 is 0 Å². The van der Waals surface area contributed by atoms with Crippen molar-refractivity contribution in [3.05, 3.63) is 11.1 Å². The van der Waals surface area contributed by atoms with E-state index in [9.17, 15) is 14.7 Å². The maximum absolute atomic E-state index is 13.7. The molecule has 0 aromatic rings. The molecule has 0 aromatic heterocycles. The van der Waals surface area contributed by atoms with Gasteiger partial charge in [-0.15, -0.1) is 0 Å². The van der Waals surface area contributed by atoms with Gasteiger partial charge in [0.1, 0.15) is 0 Å². The number of hydrogen-bond acceptors (Lipinski definition) is 5. The molecule has 2 unspecified atom stereocenters. The molecule has 3 aliphatic carbocycles. The number of ketones is 1. The topological polar surface area (TPSA) is 72.8 Å². The van der Waals surface area contributed by atoms with Crippen LogP contribution < -0.4 is 0 Å². The fraction of sp³-hybridized carbons (Fsp3) is 0.818. The number of allylic oxidation sites excluding steroid dienone is 1. The molecule has 4 aliphatic rings. The van der Waals surface area contributed by atoms with Crippen LogP contribution in [0.1, 0.15) is 66.7 Å². The molecule has 0 aromatic carbocycles. The zero-order valence-corrected chi connectivity index (χ0v) is 17.1. The first kappa shape index (κ1) is 19.1. The zero-order chi connectivity index (χ0) is 19.8. The summed E-state index contributed by atoms with van der Waals surface area (Å²) in [5.74, 6) is -0.147. The van der Waals surface area contributed by atoms with Gasteiger partial charge in [-0.3, -0.25) is 9.59 Å². The summed E-state index contributed by atoms with van der Waals surface area (Å²) in [6, 6.07) is 0. The van der Waals surface area contributed by atoms with Gasteiger partial charge in [0.05, 0.1) is 18.3 Å². The Hall–Kier alpha value is -1.20. The molecular weight excluding hydrogens is 344 g/mol. The van der Waals surface area contributed by atoms with Crippen molar-refractivity contribution in [1.82, 2.24) is 0 Å². The Morgan fingerprint density at radius 3 is 2.59 bits per heavy atom. The third-order valence-corrected chi connectivity index (χ3v) is 8.50. The minimum absolute atomic E-state index is 0.00649. The monoisotopic (exact) mass is 376 g/mol. The highest BCUT2D eigenvalue weighted by Crippen LogP contribution is 2.68. The van der Waals surface area contributed by atoms with Gasteiger partial charge in [-0.2, -0.15) is 0 Å². The van der Waals surface area contributed by atoms with E-state index in [0.717, 1.165) is 30.4 Å². The lowest BCUT2D eigenvalue weighted by atomic mass is 9.39. The standard InChI is InChI=1S/C22H32O5/c1-6-22(25)10-7-12(2)16-17(27-13(3)23)19(24)20(4)9-8-15-14(11-26-15)18(20)21(16,22)5/h14-15,17-18,25H,6-11H2,1-5H3/t14?,15-,17-,18?,20-,21-,22+/m1/s1. The fourth-order valence-electron chi connectivity index (χ4n) is 7.05. The van der Waals surface area contributed by atoms with E-state index in [1.54, 1.807) is 0 Å². The Labute approximate surface area is 161 Å². The quantitative estimate of drug-likeness (QED) is 0.592. The number of aliphatic hydroxyl groups is 1. The summed E-state index contributed by atoms with van der Waals surface area (Å²) in [4.78, 5) is 25.6. The fourth-order valence-corrected chi connectivity index (χ4v) is 7.05. The Balaban J connectivity index is 1.96. The Bertz CT molecular complexity index is 726. The van der Waals surface area contributed by atoms with Crippen molar-refractivity contribution in [3.63, 3.8) is 0 Å². The second-order valence-corrected chi connectivity index (χ2v) is 9.60. The first-order valence-corrected chi connectivity index (χ1v) is 10.4. The molecule has 0 spiro atoms. The summed E-state index contributed by atoms with van der Waals surface area (Å²) in [5, 5.41) is 11.8. The van der Waals surface area contributed by atoms with Crippen LogP contribution in [0.25, 0.3) is 0 Å². The van der Waals surface area contributed by atoms with E-state index in [2.05, 4.69) is 6.92 Å². The Kier molecular flexibility index (Phi) is 4.18. The van der Waals surface area contributed by atoms with Gasteiger partial charge < -0.3 is 14.6 Å². The van der Waals surface area contributed by atoms with E-state index in [4.69, 9.17) is 9.47 Å². The lowest BCUT2D eigenvalue weighted by molar-refractivity contribution is -0.251. The molecule has 2 saturated carbocycles. The van der Waals surface area contributed by atoms with Gasteiger partial charge in [0.2, 0.25) is 0 Å². The summed E-state index contributed by atoms with van der Waals surface area (Å²) < 4.78 is 11.5. The van der Waals surface area contributed by atoms with Gasteiger partial charge in [-0.25, -0.2) is 0 Å². The van der Waals surface area contributed by atoms with Crippen molar-refractivity contribution in [1.29, 1.82) is 0 Å². The summed E-state index contributed by atoms with van der Waals surface area (Å²) in [5.41, 5.74) is -0.151. The van der Waals surface area contributed by atoms with E-state index in [0.29, 0.717) is 19.4 Å². The van der Waals surface area contributed by atoms with Crippen LogP contribution in [0.3, 0.4) is 0 Å². The molecule has 150 valence electrons. The molecule has 4 rings (SSSR count). The number of ether oxygens (including phenoxy) is 2. The molecule has 1 heterocycles. The van der Waals surface area contributed by atoms with Gasteiger partial charge in [0.25, 0.3) is 0 Å². The first-order valence-electron chi connectivity index (χ1n) is 10.4. The maximum Gasteiger partial charge on any atom is 0.303 e. The predicted octanol–water partition coefficient (Wildman–Crippen LogP) is 3.19. The molecule has 1 N–H and O–H groups in total. The molecule has 1 saturated heterocycles. The number of fused-ring (bicyclic) bond motifs is 5. The van der Waals surface area contributed by atoms with Gasteiger partial charge in [-0.05, 0) is 50.5 Å². The van der Waals surface area contributed by atoms with Gasteiger partial charge in [0.15, 0.2) is 11.9 Å². The lowest BCUT2D eigenvalue weighted by Gasteiger charge is -2.68. The smallest absolute Gasteiger partial charge is 0.303 e. The lowest BCUT2D eigenvalue weighted by Crippen LogP contribution is -2.72. The van der Waals surface area contributed by atoms with E-state index < -0.39 is 28.5 Å². The average Bonchev–Trinajstić information content (AvgIpc) is 2.58. The number of carbonyl (C=O) groups excluding carboxylic acids is 2. The second-order valence-electron chi connectivity index (χ2n) is 9.60. The molecule has 27 heavy (non-hydrogen) atoms. The Morgan fingerprint density at radius 2 is 2.04 bits per heavy atom. The summed E-state index contributed by atoms with van der Waals surface area (Å²) >= 11 is 0. The van der Waals surface area contributed by atoms with Crippen molar-refractivity contribution in [2.45, 2.75) is 84.5 Å². The third kappa shape index (κ3) is 2.24. The minimum atomic E-state index is -0.912. The Morgan fingerprint density at radius 1 is 1.33 bits per heavy atom.